The number of phenolic OH excluding ortho intramolecular Hbond substituents is 1. The van der Waals surface area contributed by atoms with Crippen molar-refractivity contribution in [3.05, 3.63) is 53.3 Å². The Balaban J connectivity index is 2.52. The maximum absolute atomic E-state index is 13.4. The van der Waals surface area contributed by atoms with E-state index in [9.17, 15) is 14.3 Å². The van der Waals surface area contributed by atoms with Gasteiger partial charge < -0.3 is 5.11 Å². The van der Waals surface area contributed by atoms with Crippen LogP contribution < -0.4 is 0 Å². The van der Waals surface area contributed by atoms with Gasteiger partial charge in [-0.1, -0.05) is 18.2 Å². The van der Waals surface area contributed by atoms with Crippen molar-refractivity contribution < 1.29 is 14.3 Å². The third kappa shape index (κ3) is 2.18. The first kappa shape index (κ1) is 11.3. The summed E-state index contributed by atoms with van der Waals surface area (Å²) >= 11 is 0. The van der Waals surface area contributed by atoms with E-state index in [0.717, 1.165) is 0 Å². The molecule has 0 fully saturated rings. The van der Waals surface area contributed by atoms with Crippen molar-refractivity contribution in [3.8, 4) is 16.9 Å². The highest BCUT2D eigenvalue weighted by molar-refractivity contribution is 5.82. The van der Waals surface area contributed by atoms with Gasteiger partial charge in [-0.15, -0.1) is 0 Å². The van der Waals surface area contributed by atoms with Crippen LogP contribution in [0, 0.1) is 12.7 Å². The molecule has 0 amide bonds. The first-order valence-corrected chi connectivity index (χ1v) is 5.16. The molecule has 0 aliphatic heterocycles. The second-order valence-electron chi connectivity index (χ2n) is 3.86. The zero-order chi connectivity index (χ0) is 12.4. The van der Waals surface area contributed by atoms with Crippen molar-refractivity contribution in [1.82, 2.24) is 0 Å². The lowest BCUT2D eigenvalue weighted by molar-refractivity contribution is 0.112. The first-order chi connectivity index (χ1) is 8.11. The molecule has 17 heavy (non-hydrogen) atoms. The van der Waals surface area contributed by atoms with E-state index in [-0.39, 0.29) is 17.1 Å². The van der Waals surface area contributed by atoms with Gasteiger partial charge >= 0.3 is 0 Å². The predicted molar refractivity (Wildman–Crippen MR) is 63.6 cm³/mol. The Bertz CT molecular complexity index is 576. The summed E-state index contributed by atoms with van der Waals surface area (Å²) in [5.41, 5.74) is 2.15. The zero-order valence-electron chi connectivity index (χ0n) is 9.27. The molecule has 2 aromatic carbocycles. The van der Waals surface area contributed by atoms with Crippen LogP contribution in [-0.4, -0.2) is 11.4 Å². The van der Waals surface area contributed by atoms with E-state index in [0.29, 0.717) is 23.0 Å². The second kappa shape index (κ2) is 4.37. The summed E-state index contributed by atoms with van der Waals surface area (Å²) in [6.45, 7) is 1.69. The van der Waals surface area contributed by atoms with Crippen molar-refractivity contribution in [2.24, 2.45) is 0 Å². The van der Waals surface area contributed by atoms with E-state index >= 15 is 0 Å². The largest absolute Gasteiger partial charge is 0.507 e. The van der Waals surface area contributed by atoms with Gasteiger partial charge in [0.2, 0.25) is 0 Å². The third-order valence-electron chi connectivity index (χ3n) is 2.66. The van der Waals surface area contributed by atoms with Crippen LogP contribution in [0.5, 0.6) is 5.75 Å². The molecule has 0 spiro atoms. The lowest BCUT2D eigenvalue weighted by atomic mass is 10.0. The van der Waals surface area contributed by atoms with Gasteiger partial charge in [-0.25, -0.2) is 4.39 Å². The highest BCUT2D eigenvalue weighted by atomic mass is 19.1. The van der Waals surface area contributed by atoms with Gasteiger partial charge in [0.1, 0.15) is 11.6 Å². The number of benzene rings is 2. The minimum atomic E-state index is -0.289. The van der Waals surface area contributed by atoms with Crippen molar-refractivity contribution >= 4 is 6.29 Å². The SMILES string of the molecule is Cc1ccc(-c2ccc(O)c(C=O)c2)cc1F. The number of aryl methyl sites for hydroxylation is 1. The molecule has 0 radical (unpaired) electrons. The summed E-state index contributed by atoms with van der Waals surface area (Å²) in [5.74, 6) is -0.362. The molecule has 0 heterocycles. The average molecular weight is 230 g/mol. The molecule has 0 bridgehead atoms. The van der Waals surface area contributed by atoms with Crippen LogP contribution in [0.4, 0.5) is 4.39 Å². The number of hydrogen-bond donors (Lipinski definition) is 1. The summed E-state index contributed by atoms with van der Waals surface area (Å²) in [6, 6.07) is 9.48. The average Bonchev–Trinajstić information content (AvgIpc) is 2.33. The lowest BCUT2D eigenvalue weighted by Gasteiger charge is -2.05. The maximum Gasteiger partial charge on any atom is 0.153 e. The molecule has 0 atom stereocenters. The molecule has 2 aromatic rings. The van der Waals surface area contributed by atoms with Crippen molar-refractivity contribution in [3.63, 3.8) is 0 Å². The summed E-state index contributed by atoms with van der Waals surface area (Å²) in [7, 11) is 0. The normalized spacial score (nSPS) is 10.2. The number of aldehydes is 1. The van der Waals surface area contributed by atoms with Gasteiger partial charge in [0, 0.05) is 0 Å². The van der Waals surface area contributed by atoms with Crippen molar-refractivity contribution in [1.29, 1.82) is 0 Å². The molecule has 2 nitrogen and oxygen atoms in total. The predicted octanol–water partition coefficient (Wildman–Crippen LogP) is 3.32. The molecule has 2 rings (SSSR count). The van der Waals surface area contributed by atoms with Crippen molar-refractivity contribution in [2.45, 2.75) is 6.92 Å². The molecule has 0 aliphatic carbocycles. The number of halogens is 1. The Labute approximate surface area is 98.3 Å². The Morgan fingerprint density at radius 2 is 1.76 bits per heavy atom. The van der Waals surface area contributed by atoms with E-state index in [1.54, 1.807) is 25.1 Å². The molecule has 0 aliphatic rings. The van der Waals surface area contributed by atoms with Crippen LogP contribution in [0.25, 0.3) is 11.1 Å². The van der Waals surface area contributed by atoms with Crippen LogP contribution in [0.3, 0.4) is 0 Å². The number of rotatable bonds is 2. The van der Waals surface area contributed by atoms with E-state index < -0.39 is 0 Å². The van der Waals surface area contributed by atoms with Gasteiger partial charge in [-0.3, -0.25) is 4.79 Å². The topological polar surface area (TPSA) is 37.3 Å². The molecule has 0 saturated heterocycles. The fourth-order valence-electron chi connectivity index (χ4n) is 1.60. The lowest BCUT2D eigenvalue weighted by Crippen LogP contribution is -1.87. The minimum absolute atomic E-state index is 0.0728. The second-order valence-corrected chi connectivity index (χ2v) is 3.86. The summed E-state index contributed by atoms with van der Waals surface area (Å²) in [5, 5.41) is 9.38. The summed E-state index contributed by atoms with van der Waals surface area (Å²) in [6.07, 6.45) is 0.573. The Kier molecular flexibility index (Phi) is 2.91. The van der Waals surface area contributed by atoms with E-state index in [1.165, 1.54) is 18.2 Å². The van der Waals surface area contributed by atoms with Crippen LogP contribution in [0.15, 0.2) is 36.4 Å². The smallest absolute Gasteiger partial charge is 0.153 e. The van der Waals surface area contributed by atoms with Gasteiger partial charge in [0.05, 0.1) is 5.56 Å². The highest BCUT2D eigenvalue weighted by Gasteiger charge is 2.05. The summed E-state index contributed by atoms with van der Waals surface area (Å²) in [4.78, 5) is 10.7. The number of carbonyl (C=O) groups excluding carboxylic acids is 1. The Hall–Kier alpha value is -2.16. The molecule has 1 N–H and O–H groups in total. The van der Waals surface area contributed by atoms with Crippen LogP contribution in [0.1, 0.15) is 15.9 Å². The number of carbonyl (C=O) groups is 1. The van der Waals surface area contributed by atoms with E-state index in [2.05, 4.69) is 0 Å². The number of hydrogen-bond acceptors (Lipinski definition) is 2. The quantitative estimate of drug-likeness (QED) is 0.803. The molecule has 3 heteroatoms. The minimum Gasteiger partial charge on any atom is -0.507 e. The summed E-state index contributed by atoms with van der Waals surface area (Å²) < 4.78 is 13.4. The fourth-order valence-corrected chi connectivity index (χ4v) is 1.60. The van der Waals surface area contributed by atoms with Crippen molar-refractivity contribution in [2.75, 3.05) is 0 Å². The van der Waals surface area contributed by atoms with Gasteiger partial charge in [-0.2, -0.15) is 0 Å². The van der Waals surface area contributed by atoms with Gasteiger partial charge in [-0.05, 0) is 41.8 Å². The molecular formula is C14H11FO2. The monoisotopic (exact) mass is 230 g/mol. The standard InChI is InChI=1S/C14H11FO2/c1-9-2-3-11(7-13(9)15)10-4-5-14(17)12(6-10)8-16/h2-8,17H,1H3. The number of aromatic hydroxyl groups is 1. The highest BCUT2D eigenvalue weighted by Crippen LogP contribution is 2.26. The first-order valence-electron chi connectivity index (χ1n) is 5.16. The fraction of sp³-hybridized carbons (Fsp3) is 0.0714. The van der Waals surface area contributed by atoms with Gasteiger partial charge in [0.15, 0.2) is 6.29 Å². The van der Waals surface area contributed by atoms with Gasteiger partial charge in [0.25, 0.3) is 0 Å². The molecular weight excluding hydrogens is 219 g/mol. The number of phenols is 1. The van der Waals surface area contributed by atoms with Crippen LogP contribution in [0.2, 0.25) is 0 Å². The molecule has 86 valence electrons. The molecule has 0 unspecified atom stereocenters. The van der Waals surface area contributed by atoms with Crippen LogP contribution in [-0.2, 0) is 0 Å². The maximum atomic E-state index is 13.4. The Morgan fingerprint density at radius 1 is 1.12 bits per heavy atom. The van der Waals surface area contributed by atoms with E-state index in [1.807, 2.05) is 0 Å². The molecule has 0 saturated carbocycles. The van der Waals surface area contributed by atoms with E-state index in [4.69, 9.17) is 0 Å². The van der Waals surface area contributed by atoms with Crippen LogP contribution >= 0.6 is 0 Å². The Morgan fingerprint density at radius 3 is 2.41 bits per heavy atom. The third-order valence-corrected chi connectivity index (χ3v) is 2.66. The zero-order valence-corrected chi connectivity index (χ0v) is 9.27. The molecule has 0 aromatic heterocycles.